The molecule has 0 bridgehead atoms. The molecule has 0 fully saturated rings. The average Bonchev–Trinajstić information content (AvgIpc) is 2.38. The van der Waals surface area contributed by atoms with E-state index in [1.54, 1.807) is 6.07 Å². The van der Waals surface area contributed by atoms with Crippen molar-refractivity contribution < 1.29 is 24.2 Å². The second-order valence-corrected chi connectivity index (χ2v) is 4.84. The highest BCUT2D eigenvalue weighted by atomic mass is 35.5. The number of aliphatic carboxylic acids is 1. The Hall–Kier alpha value is -1.99. The van der Waals surface area contributed by atoms with Gasteiger partial charge in [-0.1, -0.05) is 23.2 Å². The fourth-order valence-electron chi connectivity index (χ4n) is 1.37. The summed E-state index contributed by atoms with van der Waals surface area (Å²) in [7, 11) is 0. The fourth-order valence-corrected chi connectivity index (χ4v) is 1.70. The molecule has 4 N–H and O–H groups in total. The minimum atomic E-state index is -1.41. The van der Waals surface area contributed by atoms with Crippen LogP contribution in [0.25, 0.3) is 0 Å². The van der Waals surface area contributed by atoms with Gasteiger partial charge in [-0.05, 0) is 12.1 Å². The number of carbonyl (C=O) groups is 3. The van der Waals surface area contributed by atoms with Crippen LogP contribution in [0.5, 0.6) is 5.75 Å². The van der Waals surface area contributed by atoms with Crippen LogP contribution in [-0.2, 0) is 14.4 Å². The zero-order chi connectivity index (χ0) is 16.0. The first-order chi connectivity index (χ1) is 9.79. The van der Waals surface area contributed by atoms with Gasteiger partial charge in [-0.2, -0.15) is 0 Å². The lowest BCUT2D eigenvalue weighted by atomic mass is 10.2. The molecule has 0 aliphatic carbocycles. The van der Waals surface area contributed by atoms with Crippen molar-refractivity contribution in [2.45, 2.75) is 12.5 Å². The zero-order valence-corrected chi connectivity index (χ0v) is 12.1. The maximum absolute atomic E-state index is 11.6. The van der Waals surface area contributed by atoms with Gasteiger partial charge < -0.3 is 20.9 Å². The summed E-state index contributed by atoms with van der Waals surface area (Å²) in [5.41, 5.74) is 4.89. The molecule has 1 rings (SSSR count). The number of primary amides is 1. The van der Waals surface area contributed by atoms with Crippen LogP contribution in [0.2, 0.25) is 10.0 Å². The molecule has 1 atom stereocenters. The van der Waals surface area contributed by atoms with E-state index in [-0.39, 0.29) is 10.8 Å². The standard InChI is InChI=1S/C12H12Cl2N2O5/c13-6-1-2-7(14)9(3-6)21-5-11(18)16-8(12(19)20)4-10(15)17/h1-3,8H,4-5H2,(H2,15,17)(H,16,18)(H,19,20). The van der Waals surface area contributed by atoms with Crippen molar-refractivity contribution in [1.82, 2.24) is 5.32 Å². The van der Waals surface area contributed by atoms with E-state index in [0.29, 0.717) is 5.02 Å². The lowest BCUT2D eigenvalue weighted by molar-refractivity contribution is -0.143. The Bertz CT molecular complexity index is 565. The van der Waals surface area contributed by atoms with Gasteiger partial charge in [-0.3, -0.25) is 9.59 Å². The predicted octanol–water partition coefficient (Wildman–Crippen LogP) is 0.817. The third-order valence-corrected chi connectivity index (χ3v) is 2.84. The van der Waals surface area contributed by atoms with E-state index < -0.39 is 36.9 Å². The minimum absolute atomic E-state index is 0.182. The molecule has 0 radical (unpaired) electrons. The smallest absolute Gasteiger partial charge is 0.326 e. The molecule has 1 aromatic carbocycles. The van der Waals surface area contributed by atoms with E-state index in [1.807, 2.05) is 0 Å². The van der Waals surface area contributed by atoms with E-state index in [1.165, 1.54) is 12.1 Å². The van der Waals surface area contributed by atoms with Crippen molar-refractivity contribution in [1.29, 1.82) is 0 Å². The molecule has 0 spiro atoms. The molecule has 1 aromatic rings. The quantitative estimate of drug-likeness (QED) is 0.681. The Labute approximate surface area is 130 Å². The second-order valence-electron chi connectivity index (χ2n) is 3.99. The highest BCUT2D eigenvalue weighted by molar-refractivity contribution is 6.34. The van der Waals surface area contributed by atoms with Gasteiger partial charge in [0, 0.05) is 11.1 Å². The maximum Gasteiger partial charge on any atom is 0.326 e. The summed E-state index contributed by atoms with van der Waals surface area (Å²) in [5, 5.41) is 11.6. The zero-order valence-electron chi connectivity index (χ0n) is 10.6. The lowest BCUT2D eigenvalue weighted by Gasteiger charge is -2.13. The number of hydrogen-bond acceptors (Lipinski definition) is 4. The van der Waals surface area contributed by atoms with Gasteiger partial charge in [0.15, 0.2) is 6.61 Å². The molecule has 7 nitrogen and oxygen atoms in total. The van der Waals surface area contributed by atoms with E-state index >= 15 is 0 Å². The van der Waals surface area contributed by atoms with Crippen molar-refractivity contribution >= 4 is 41.0 Å². The highest BCUT2D eigenvalue weighted by Gasteiger charge is 2.22. The third kappa shape index (κ3) is 5.88. The number of carboxylic acid groups (broad SMARTS) is 1. The Morgan fingerprint density at radius 2 is 2.00 bits per heavy atom. The molecule has 1 unspecified atom stereocenters. The number of carbonyl (C=O) groups excluding carboxylic acids is 2. The van der Waals surface area contributed by atoms with Gasteiger partial charge in [-0.25, -0.2) is 4.79 Å². The molecule has 0 aromatic heterocycles. The van der Waals surface area contributed by atoms with Gasteiger partial charge >= 0.3 is 5.97 Å². The molecular formula is C12H12Cl2N2O5. The van der Waals surface area contributed by atoms with E-state index in [9.17, 15) is 14.4 Å². The molecule has 0 aliphatic rings. The number of hydrogen-bond donors (Lipinski definition) is 3. The summed E-state index contributed by atoms with van der Waals surface area (Å²) in [6.07, 6.45) is -0.515. The number of benzene rings is 1. The summed E-state index contributed by atoms with van der Waals surface area (Å²) in [6, 6.07) is 3.04. The SMILES string of the molecule is NC(=O)CC(NC(=O)COc1cc(Cl)ccc1Cl)C(=O)O. The van der Waals surface area contributed by atoms with Crippen molar-refractivity contribution in [3.05, 3.63) is 28.2 Å². The topological polar surface area (TPSA) is 119 Å². The third-order valence-electron chi connectivity index (χ3n) is 2.29. The Morgan fingerprint density at radius 1 is 1.33 bits per heavy atom. The first-order valence-electron chi connectivity index (χ1n) is 5.68. The fraction of sp³-hybridized carbons (Fsp3) is 0.250. The van der Waals surface area contributed by atoms with Crippen LogP contribution in [0.3, 0.4) is 0 Å². The molecular weight excluding hydrogens is 323 g/mol. The number of halogens is 2. The second kappa shape index (κ2) is 7.70. The summed E-state index contributed by atoms with van der Waals surface area (Å²) in [5.74, 6) is -2.77. The monoisotopic (exact) mass is 334 g/mol. The van der Waals surface area contributed by atoms with Gasteiger partial charge in [0.1, 0.15) is 11.8 Å². The minimum Gasteiger partial charge on any atom is -0.482 e. The number of nitrogens with two attached hydrogens (primary N) is 1. The molecule has 9 heteroatoms. The summed E-state index contributed by atoms with van der Waals surface area (Å²) in [6.45, 7) is -0.484. The Kier molecular flexibility index (Phi) is 6.26. The average molecular weight is 335 g/mol. The van der Waals surface area contributed by atoms with Gasteiger partial charge in [0.25, 0.3) is 5.91 Å². The van der Waals surface area contributed by atoms with E-state index in [0.717, 1.165) is 0 Å². The normalized spacial score (nSPS) is 11.5. The van der Waals surface area contributed by atoms with Crippen LogP contribution in [0.1, 0.15) is 6.42 Å². The highest BCUT2D eigenvalue weighted by Crippen LogP contribution is 2.27. The van der Waals surface area contributed by atoms with Crippen LogP contribution < -0.4 is 15.8 Å². The summed E-state index contributed by atoms with van der Waals surface area (Å²) < 4.78 is 5.13. The Morgan fingerprint density at radius 3 is 2.57 bits per heavy atom. The lowest BCUT2D eigenvalue weighted by Crippen LogP contribution is -2.45. The van der Waals surface area contributed by atoms with Crippen LogP contribution in [0.4, 0.5) is 0 Å². The first-order valence-corrected chi connectivity index (χ1v) is 6.43. The van der Waals surface area contributed by atoms with Crippen molar-refractivity contribution in [2.24, 2.45) is 5.73 Å². The van der Waals surface area contributed by atoms with E-state index in [4.69, 9.17) is 38.8 Å². The molecule has 0 saturated carbocycles. The van der Waals surface area contributed by atoms with Crippen molar-refractivity contribution in [3.8, 4) is 5.75 Å². The first kappa shape index (κ1) is 17.1. The number of carboxylic acids is 1. The number of amides is 2. The number of rotatable bonds is 7. The molecule has 0 saturated heterocycles. The summed E-state index contributed by atoms with van der Waals surface area (Å²) >= 11 is 11.6. The van der Waals surface area contributed by atoms with Crippen LogP contribution >= 0.6 is 23.2 Å². The van der Waals surface area contributed by atoms with Gasteiger partial charge in [0.2, 0.25) is 5.91 Å². The Balaban J connectivity index is 2.58. The van der Waals surface area contributed by atoms with Crippen LogP contribution in [0.15, 0.2) is 18.2 Å². The predicted molar refractivity (Wildman–Crippen MR) is 75.3 cm³/mol. The molecule has 2 amide bonds. The van der Waals surface area contributed by atoms with Gasteiger partial charge in [-0.15, -0.1) is 0 Å². The largest absolute Gasteiger partial charge is 0.482 e. The number of nitrogens with one attached hydrogen (secondary N) is 1. The van der Waals surface area contributed by atoms with Crippen LogP contribution in [-0.4, -0.2) is 35.5 Å². The molecule has 114 valence electrons. The molecule has 0 aliphatic heterocycles. The maximum atomic E-state index is 11.6. The van der Waals surface area contributed by atoms with E-state index in [2.05, 4.69) is 5.32 Å². The van der Waals surface area contributed by atoms with Crippen LogP contribution in [0, 0.1) is 0 Å². The van der Waals surface area contributed by atoms with Gasteiger partial charge in [0.05, 0.1) is 11.4 Å². The summed E-state index contributed by atoms with van der Waals surface area (Å²) in [4.78, 5) is 33.1. The molecule has 21 heavy (non-hydrogen) atoms. The number of ether oxygens (including phenoxy) is 1. The van der Waals surface area contributed by atoms with Crippen molar-refractivity contribution in [2.75, 3.05) is 6.61 Å². The van der Waals surface area contributed by atoms with Crippen molar-refractivity contribution in [3.63, 3.8) is 0 Å². The molecule has 0 heterocycles.